The maximum atomic E-state index is 8.81. The summed E-state index contributed by atoms with van der Waals surface area (Å²) in [5.41, 5.74) is 0. The van der Waals surface area contributed by atoms with E-state index in [4.69, 9.17) is 11.5 Å². The van der Waals surface area contributed by atoms with E-state index in [1.54, 1.807) is 6.08 Å². The fourth-order valence-electron chi connectivity index (χ4n) is 0.495. The molecule has 0 aliphatic heterocycles. The summed E-state index contributed by atoms with van der Waals surface area (Å²) in [7, 11) is 0. The molecule has 1 unspecified atom stereocenters. The third-order valence-electron chi connectivity index (χ3n) is 1.03. The van der Waals surface area contributed by atoms with E-state index < -0.39 is 6.10 Å². The van der Waals surface area contributed by atoms with Gasteiger partial charge in [0.15, 0.2) is 0 Å². The van der Waals surface area contributed by atoms with Crippen molar-refractivity contribution in [2.24, 2.45) is 0 Å². The van der Waals surface area contributed by atoms with Gasteiger partial charge in [-0.15, -0.1) is 13.0 Å². The SMILES string of the molecule is C#CC(O)/C=C/CCC=C. The first-order valence-electron chi connectivity index (χ1n) is 3.23. The van der Waals surface area contributed by atoms with Crippen molar-refractivity contribution in [2.45, 2.75) is 18.9 Å². The van der Waals surface area contributed by atoms with Crippen LogP contribution in [0.4, 0.5) is 0 Å². The van der Waals surface area contributed by atoms with E-state index in [1.807, 2.05) is 12.2 Å². The van der Waals surface area contributed by atoms with E-state index in [1.165, 1.54) is 0 Å². The lowest BCUT2D eigenvalue weighted by molar-refractivity contribution is 0.280. The average Bonchev–Trinajstić information content (AvgIpc) is 1.98. The van der Waals surface area contributed by atoms with Crippen LogP contribution in [0.1, 0.15) is 12.8 Å². The van der Waals surface area contributed by atoms with Gasteiger partial charge < -0.3 is 5.11 Å². The van der Waals surface area contributed by atoms with E-state index in [0.717, 1.165) is 12.8 Å². The van der Waals surface area contributed by atoms with Crippen molar-refractivity contribution in [3.05, 3.63) is 24.8 Å². The van der Waals surface area contributed by atoms with E-state index in [9.17, 15) is 0 Å². The van der Waals surface area contributed by atoms with Crippen LogP contribution in [0.15, 0.2) is 24.8 Å². The van der Waals surface area contributed by atoms with Crippen LogP contribution in [-0.4, -0.2) is 11.2 Å². The van der Waals surface area contributed by atoms with Crippen molar-refractivity contribution in [1.29, 1.82) is 0 Å². The summed E-state index contributed by atoms with van der Waals surface area (Å²) in [6.07, 6.45) is 11.3. The van der Waals surface area contributed by atoms with Gasteiger partial charge in [-0.25, -0.2) is 0 Å². The number of aliphatic hydroxyl groups is 1. The van der Waals surface area contributed by atoms with Crippen molar-refractivity contribution in [2.75, 3.05) is 0 Å². The highest BCUT2D eigenvalue weighted by Crippen LogP contribution is 1.92. The Balaban J connectivity index is 3.38. The first-order valence-corrected chi connectivity index (χ1v) is 3.23. The molecule has 0 radical (unpaired) electrons. The van der Waals surface area contributed by atoms with Gasteiger partial charge in [0.05, 0.1) is 0 Å². The van der Waals surface area contributed by atoms with Gasteiger partial charge in [-0.3, -0.25) is 0 Å². The highest BCUT2D eigenvalue weighted by Gasteiger charge is 1.86. The Morgan fingerprint density at radius 2 is 2.30 bits per heavy atom. The number of unbranched alkanes of at least 4 members (excludes halogenated alkanes) is 1. The normalized spacial score (nSPS) is 12.8. The largest absolute Gasteiger partial charge is 0.377 e. The van der Waals surface area contributed by atoms with Gasteiger partial charge >= 0.3 is 0 Å². The van der Waals surface area contributed by atoms with Gasteiger partial charge in [-0.05, 0) is 18.9 Å². The van der Waals surface area contributed by atoms with Gasteiger partial charge in [0.25, 0.3) is 0 Å². The van der Waals surface area contributed by atoms with Gasteiger partial charge in [-0.2, -0.15) is 0 Å². The zero-order chi connectivity index (χ0) is 7.82. The summed E-state index contributed by atoms with van der Waals surface area (Å²) in [6, 6.07) is 0. The predicted molar refractivity (Wildman–Crippen MR) is 43.4 cm³/mol. The summed E-state index contributed by atoms with van der Waals surface area (Å²) in [5, 5.41) is 8.81. The van der Waals surface area contributed by atoms with Crippen molar-refractivity contribution in [3.63, 3.8) is 0 Å². The summed E-state index contributed by atoms with van der Waals surface area (Å²) in [5.74, 6) is 2.18. The van der Waals surface area contributed by atoms with Gasteiger partial charge in [0.1, 0.15) is 6.10 Å². The average molecular weight is 136 g/mol. The van der Waals surface area contributed by atoms with Crippen LogP contribution in [-0.2, 0) is 0 Å². The quantitative estimate of drug-likeness (QED) is 0.353. The van der Waals surface area contributed by atoms with Crippen LogP contribution >= 0.6 is 0 Å². The summed E-state index contributed by atoms with van der Waals surface area (Å²) in [6.45, 7) is 3.56. The molecule has 1 nitrogen and oxygen atoms in total. The predicted octanol–water partition coefficient (Wildman–Crippen LogP) is 1.50. The molecule has 0 rings (SSSR count). The maximum absolute atomic E-state index is 8.81. The fourth-order valence-corrected chi connectivity index (χ4v) is 0.495. The third-order valence-corrected chi connectivity index (χ3v) is 1.03. The molecule has 0 bridgehead atoms. The molecule has 0 heterocycles. The number of hydrogen-bond donors (Lipinski definition) is 1. The van der Waals surface area contributed by atoms with Crippen LogP contribution in [0.2, 0.25) is 0 Å². The van der Waals surface area contributed by atoms with E-state index in [0.29, 0.717) is 0 Å². The lowest BCUT2D eigenvalue weighted by Crippen LogP contribution is -1.94. The number of terminal acetylenes is 1. The van der Waals surface area contributed by atoms with Gasteiger partial charge in [0, 0.05) is 0 Å². The molecule has 1 heteroatoms. The molecule has 1 N–H and O–H groups in total. The molecule has 0 aliphatic carbocycles. The van der Waals surface area contributed by atoms with Crippen LogP contribution in [0.3, 0.4) is 0 Å². The number of rotatable bonds is 4. The molecular weight excluding hydrogens is 124 g/mol. The first kappa shape index (κ1) is 9.00. The minimum absolute atomic E-state index is 0.732. The number of aliphatic hydroxyl groups excluding tert-OH is 1. The van der Waals surface area contributed by atoms with Gasteiger partial charge in [0.2, 0.25) is 0 Å². The minimum Gasteiger partial charge on any atom is -0.377 e. The third kappa shape index (κ3) is 5.14. The summed E-state index contributed by atoms with van der Waals surface area (Å²) >= 11 is 0. The Morgan fingerprint density at radius 1 is 1.60 bits per heavy atom. The molecule has 10 heavy (non-hydrogen) atoms. The zero-order valence-electron chi connectivity index (χ0n) is 5.96. The fraction of sp³-hybridized carbons (Fsp3) is 0.333. The Kier molecular flexibility index (Phi) is 5.51. The second kappa shape index (κ2) is 6.12. The van der Waals surface area contributed by atoms with Crippen molar-refractivity contribution in [3.8, 4) is 12.3 Å². The highest BCUT2D eigenvalue weighted by atomic mass is 16.3. The van der Waals surface area contributed by atoms with Crippen LogP contribution in [0, 0.1) is 12.3 Å². The Bertz CT molecular complexity index is 151. The smallest absolute Gasteiger partial charge is 0.133 e. The second-order valence-electron chi connectivity index (χ2n) is 1.91. The topological polar surface area (TPSA) is 20.2 Å². The van der Waals surface area contributed by atoms with Crippen molar-refractivity contribution >= 4 is 0 Å². The van der Waals surface area contributed by atoms with Crippen molar-refractivity contribution in [1.82, 2.24) is 0 Å². The molecule has 0 aromatic carbocycles. The standard InChI is InChI=1S/C9H12O/c1-3-5-6-7-8-9(10)4-2/h2-3,7-10H,1,5-6H2/b8-7+. The van der Waals surface area contributed by atoms with Crippen molar-refractivity contribution < 1.29 is 5.11 Å². The van der Waals surface area contributed by atoms with E-state index >= 15 is 0 Å². The van der Waals surface area contributed by atoms with E-state index in [2.05, 4.69) is 12.5 Å². The Morgan fingerprint density at radius 3 is 2.80 bits per heavy atom. The van der Waals surface area contributed by atoms with Gasteiger partial charge in [-0.1, -0.05) is 18.1 Å². The molecular formula is C9H12O. The Hall–Kier alpha value is -1.00. The maximum Gasteiger partial charge on any atom is 0.133 e. The Labute approximate surface area is 62.1 Å². The molecule has 0 saturated heterocycles. The van der Waals surface area contributed by atoms with Crippen LogP contribution in [0.25, 0.3) is 0 Å². The molecule has 1 atom stereocenters. The highest BCUT2D eigenvalue weighted by molar-refractivity contribution is 5.06. The molecule has 54 valence electrons. The molecule has 0 saturated carbocycles. The molecule has 0 aliphatic rings. The lowest BCUT2D eigenvalue weighted by Gasteiger charge is -1.90. The number of allylic oxidation sites excluding steroid dienone is 2. The minimum atomic E-state index is -0.732. The molecule has 0 fully saturated rings. The lowest BCUT2D eigenvalue weighted by atomic mass is 10.2. The molecule has 0 spiro atoms. The van der Waals surface area contributed by atoms with Crippen LogP contribution < -0.4 is 0 Å². The monoisotopic (exact) mass is 136 g/mol. The second-order valence-corrected chi connectivity index (χ2v) is 1.91. The summed E-state index contributed by atoms with van der Waals surface area (Å²) in [4.78, 5) is 0. The van der Waals surface area contributed by atoms with E-state index in [-0.39, 0.29) is 0 Å². The molecule has 0 amide bonds. The number of hydrogen-bond acceptors (Lipinski definition) is 1. The molecule has 0 aromatic heterocycles. The zero-order valence-corrected chi connectivity index (χ0v) is 5.96. The first-order chi connectivity index (χ1) is 4.81. The molecule has 0 aromatic rings. The van der Waals surface area contributed by atoms with Crippen LogP contribution in [0.5, 0.6) is 0 Å². The summed E-state index contributed by atoms with van der Waals surface area (Å²) < 4.78 is 0.